The standard InChI is InChI=1S/C20H24ClN3O/c1-3-23-9-11-24(12-10-23)18-7-8-19(15(2)13-18)22-20(25)16-5-4-6-17(21)14-16/h4-8,13-14H,3,9-12H2,1-2H3,(H,22,25). The number of benzene rings is 2. The second kappa shape index (κ2) is 7.89. The van der Waals surface area contributed by atoms with Gasteiger partial charge in [-0.2, -0.15) is 0 Å². The van der Waals surface area contributed by atoms with Crippen LogP contribution in [-0.4, -0.2) is 43.5 Å². The summed E-state index contributed by atoms with van der Waals surface area (Å²) in [5, 5.41) is 3.54. The zero-order valence-corrected chi connectivity index (χ0v) is 15.5. The van der Waals surface area contributed by atoms with Crippen LogP contribution in [0.1, 0.15) is 22.8 Å². The Hall–Kier alpha value is -2.04. The average molecular weight is 358 g/mol. The minimum atomic E-state index is -0.144. The van der Waals surface area contributed by atoms with Gasteiger partial charge >= 0.3 is 0 Å². The van der Waals surface area contributed by atoms with Crippen LogP contribution < -0.4 is 10.2 Å². The van der Waals surface area contributed by atoms with Crippen LogP contribution in [0.2, 0.25) is 5.02 Å². The number of hydrogen-bond acceptors (Lipinski definition) is 3. The van der Waals surface area contributed by atoms with E-state index in [2.05, 4.69) is 34.2 Å². The van der Waals surface area contributed by atoms with Crippen molar-refractivity contribution in [3.05, 3.63) is 58.6 Å². The van der Waals surface area contributed by atoms with Gasteiger partial charge < -0.3 is 15.1 Å². The summed E-state index contributed by atoms with van der Waals surface area (Å²) >= 11 is 5.96. The highest BCUT2D eigenvalue weighted by Gasteiger charge is 2.16. The molecule has 0 aromatic heterocycles. The maximum atomic E-state index is 12.4. The van der Waals surface area contributed by atoms with E-state index < -0.39 is 0 Å². The molecule has 2 aromatic rings. The van der Waals surface area contributed by atoms with Gasteiger partial charge in [0.05, 0.1) is 0 Å². The van der Waals surface area contributed by atoms with Crippen LogP contribution in [0.4, 0.5) is 11.4 Å². The summed E-state index contributed by atoms with van der Waals surface area (Å²) in [6.07, 6.45) is 0. The lowest BCUT2D eigenvalue weighted by Gasteiger charge is -2.35. The Labute approximate surface area is 154 Å². The van der Waals surface area contributed by atoms with Crippen LogP contribution in [0, 0.1) is 6.92 Å². The Kier molecular flexibility index (Phi) is 5.61. The largest absolute Gasteiger partial charge is 0.369 e. The lowest BCUT2D eigenvalue weighted by Crippen LogP contribution is -2.46. The molecule has 1 N–H and O–H groups in total. The molecule has 1 aliphatic heterocycles. The molecule has 25 heavy (non-hydrogen) atoms. The Balaban J connectivity index is 1.69. The highest BCUT2D eigenvalue weighted by Crippen LogP contribution is 2.24. The number of amides is 1. The van der Waals surface area contributed by atoms with Crippen molar-refractivity contribution in [1.82, 2.24) is 4.90 Å². The van der Waals surface area contributed by atoms with Crippen molar-refractivity contribution >= 4 is 28.9 Å². The molecule has 0 saturated carbocycles. The van der Waals surface area contributed by atoms with Crippen LogP contribution in [0.5, 0.6) is 0 Å². The third kappa shape index (κ3) is 4.33. The first-order valence-electron chi connectivity index (χ1n) is 8.71. The predicted octanol–water partition coefficient (Wildman–Crippen LogP) is 4.04. The molecule has 2 aromatic carbocycles. The molecule has 1 saturated heterocycles. The van der Waals surface area contributed by atoms with E-state index in [1.807, 2.05) is 13.0 Å². The van der Waals surface area contributed by atoms with Crippen LogP contribution >= 0.6 is 11.6 Å². The van der Waals surface area contributed by atoms with Crippen LogP contribution in [0.15, 0.2) is 42.5 Å². The molecule has 132 valence electrons. The number of carbonyl (C=O) groups excluding carboxylic acids is 1. The second-order valence-corrected chi connectivity index (χ2v) is 6.82. The number of hydrogen-bond donors (Lipinski definition) is 1. The van der Waals surface area contributed by atoms with Gasteiger partial charge in [-0.3, -0.25) is 4.79 Å². The summed E-state index contributed by atoms with van der Waals surface area (Å²) in [6.45, 7) is 9.63. The number of rotatable bonds is 4. The summed E-state index contributed by atoms with van der Waals surface area (Å²) in [7, 11) is 0. The Morgan fingerprint density at radius 1 is 1.12 bits per heavy atom. The fraction of sp³-hybridized carbons (Fsp3) is 0.350. The molecule has 1 aliphatic rings. The first kappa shape index (κ1) is 17.8. The minimum absolute atomic E-state index is 0.144. The summed E-state index contributed by atoms with van der Waals surface area (Å²) < 4.78 is 0. The highest BCUT2D eigenvalue weighted by molar-refractivity contribution is 6.31. The van der Waals surface area contributed by atoms with Crippen LogP contribution in [0.25, 0.3) is 0 Å². The number of anilines is 2. The zero-order valence-electron chi connectivity index (χ0n) is 14.8. The maximum Gasteiger partial charge on any atom is 0.255 e. The van der Waals surface area contributed by atoms with Gasteiger partial charge in [0, 0.05) is 48.1 Å². The van der Waals surface area contributed by atoms with Crippen molar-refractivity contribution in [2.24, 2.45) is 0 Å². The van der Waals surface area contributed by atoms with Gasteiger partial charge in [0.2, 0.25) is 0 Å². The molecule has 0 atom stereocenters. The van der Waals surface area contributed by atoms with Crippen molar-refractivity contribution in [1.29, 1.82) is 0 Å². The van der Waals surface area contributed by atoms with E-state index >= 15 is 0 Å². The van der Waals surface area contributed by atoms with Gasteiger partial charge in [0.15, 0.2) is 0 Å². The van der Waals surface area contributed by atoms with E-state index in [-0.39, 0.29) is 5.91 Å². The average Bonchev–Trinajstić information content (AvgIpc) is 2.63. The number of piperazine rings is 1. The van der Waals surface area contributed by atoms with Crippen LogP contribution in [-0.2, 0) is 0 Å². The van der Waals surface area contributed by atoms with E-state index in [1.165, 1.54) is 5.69 Å². The minimum Gasteiger partial charge on any atom is -0.369 e. The molecule has 3 rings (SSSR count). The third-order valence-corrected chi connectivity index (χ3v) is 4.96. The first-order chi connectivity index (χ1) is 12.1. The first-order valence-corrected chi connectivity index (χ1v) is 9.09. The summed E-state index contributed by atoms with van der Waals surface area (Å²) in [5.74, 6) is -0.144. The molecule has 1 heterocycles. The fourth-order valence-electron chi connectivity index (χ4n) is 3.13. The van der Waals surface area contributed by atoms with E-state index in [0.717, 1.165) is 44.0 Å². The van der Waals surface area contributed by atoms with E-state index in [4.69, 9.17) is 11.6 Å². The van der Waals surface area contributed by atoms with Crippen molar-refractivity contribution in [3.8, 4) is 0 Å². The number of nitrogens with zero attached hydrogens (tertiary/aromatic N) is 2. The summed E-state index contributed by atoms with van der Waals surface area (Å²) in [6, 6.07) is 13.2. The van der Waals surface area contributed by atoms with Crippen molar-refractivity contribution in [2.45, 2.75) is 13.8 Å². The Morgan fingerprint density at radius 2 is 1.88 bits per heavy atom. The van der Waals surface area contributed by atoms with Gasteiger partial charge in [-0.05, 0) is 55.4 Å². The predicted molar refractivity (Wildman–Crippen MR) is 105 cm³/mol. The molecule has 0 unspecified atom stereocenters. The molecular formula is C20H24ClN3O. The van der Waals surface area contributed by atoms with Gasteiger partial charge in [-0.1, -0.05) is 24.6 Å². The maximum absolute atomic E-state index is 12.4. The van der Waals surface area contributed by atoms with E-state index in [0.29, 0.717) is 10.6 Å². The van der Waals surface area contributed by atoms with E-state index in [9.17, 15) is 4.79 Å². The fourth-order valence-corrected chi connectivity index (χ4v) is 3.32. The van der Waals surface area contributed by atoms with Gasteiger partial charge in [-0.15, -0.1) is 0 Å². The van der Waals surface area contributed by atoms with Gasteiger partial charge in [-0.25, -0.2) is 0 Å². The number of halogens is 1. The molecule has 0 radical (unpaired) electrons. The molecule has 4 nitrogen and oxygen atoms in total. The topological polar surface area (TPSA) is 35.6 Å². The summed E-state index contributed by atoms with van der Waals surface area (Å²) in [4.78, 5) is 17.3. The molecule has 0 bridgehead atoms. The Bertz CT molecular complexity index is 754. The third-order valence-electron chi connectivity index (χ3n) is 4.73. The van der Waals surface area contributed by atoms with Gasteiger partial charge in [0.1, 0.15) is 0 Å². The lowest BCUT2D eigenvalue weighted by atomic mass is 10.1. The summed E-state index contributed by atoms with van der Waals surface area (Å²) in [5.41, 5.74) is 3.67. The van der Waals surface area contributed by atoms with Crippen molar-refractivity contribution in [2.75, 3.05) is 42.9 Å². The number of carbonyl (C=O) groups is 1. The number of nitrogens with one attached hydrogen (secondary N) is 1. The number of aryl methyl sites for hydroxylation is 1. The zero-order chi connectivity index (χ0) is 17.8. The van der Waals surface area contributed by atoms with Crippen LogP contribution in [0.3, 0.4) is 0 Å². The SMILES string of the molecule is CCN1CCN(c2ccc(NC(=O)c3cccc(Cl)c3)c(C)c2)CC1. The lowest BCUT2D eigenvalue weighted by molar-refractivity contribution is 0.102. The molecule has 0 spiro atoms. The molecular weight excluding hydrogens is 334 g/mol. The monoisotopic (exact) mass is 357 g/mol. The highest BCUT2D eigenvalue weighted by atomic mass is 35.5. The Morgan fingerprint density at radius 3 is 2.52 bits per heavy atom. The van der Waals surface area contributed by atoms with Crippen molar-refractivity contribution in [3.63, 3.8) is 0 Å². The second-order valence-electron chi connectivity index (χ2n) is 6.39. The molecule has 0 aliphatic carbocycles. The molecule has 1 fully saturated rings. The molecule has 1 amide bonds. The van der Waals surface area contributed by atoms with Crippen molar-refractivity contribution < 1.29 is 4.79 Å². The van der Waals surface area contributed by atoms with E-state index in [1.54, 1.807) is 24.3 Å². The van der Waals surface area contributed by atoms with Gasteiger partial charge in [0.25, 0.3) is 5.91 Å². The smallest absolute Gasteiger partial charge is 0.255 e. The molecule has 5 heteroatoms. The number of likely N-dealkylation sites (N-methyl/N-ethyl adjacent to an activating group) is 1. The quantitative estimate of drug-likeness (QED) is 0.896. The normalized spacial score (nSPS) is 15.2.